The molecule has 6 nitrogen and oxygen atoms in total. The van der Waals surface area contributed by atoms with Crippen LogP contribution < -0.4 is 5.32 Å². The molecule has 0 spiro atoms. The first-order valence-corrected chi connectivity index (χ1v) is 8.43. The van der Waals surface area contributed by atoms with Crippen molar-refractivity contribution in [3.05, 3.63) is 59.5 Å². The lowest BCUT2D eigenvalue weighted by Gasteiger charge is -2.24. The van der Waals surface area contributed by atoms with Gasteiger partial charge in [-0.05, 0) is 43.0 Å². The number of amides is 2. The summed E-state index contributed by atoms with van der Waals surface area (Å²) >= 11 is 0. The van der Waals surface area contributed by atoms with Gasteiger partial charge in [0.2, 0.25) is 5.91 Å². The minimum absolute atomic E-state index is 0.114. The van der Waals surface area contributed by atoms with Crippen molar-refractivity contribution >= 4 is 11.8 Å². The summed E-state index contributed by atoms with van der Waals surface area (Å²) < 4.78 is 5.14. The molecule has 25 heavy (non-hydrogen) atoms. The molecule has 2 aromatic rings. The molecule has 1 aromatic heterocycles. The van der Waals surface area contributed by atoms with Crippen LogP contribution in [0.15, 0.2) is 47.1 Å². The highest BCUT2D eigenvalue weighted by Gasteiger charge is 2.35. The van der Waals surface area contributed by atoms with E-state index in [1.165, 1.54) is 11.2 Å². The van der Waals surface area contributed by atoms with E-state index in [2.05, 4.69) is 5.32 Å². The van der Waals surface area contributed by atoms with Gasteiger partial charge in [-0.15, -0.1) is 0 Å². The van der Waals surface area contributed by atoms with E-state index in [9.17, 15) is 14.7 Å². The maximum atomic E-state index is 12.5. The number of nitrogens with zero attached hydrogens (tertiary/aromatic N) is 1. The quantitative estimate of drug-likeness (QED) is 0.871. The van der Waals surface area contributed by atoms with E-state index in [-0.39, 0.29) is 24.1 Å². The molecule has 2 N–H and O–H groups in total. The molecule has 2 heterocycles. The summed E-state index contributed by atoms with van der Waals surface area (Å²) in [7, 11) is 0. The van der Waals surface area contributed by atoms with Gasteiger partial charge >= 0.3 is 0 Å². The van der Waals surface area contributed by atoms with Crippen molar-refractivity contribution < 1.29 is 19.1 Å². The lowest BCUT2D eigenvalue weighted by atomic mass is 10.0. The lowest BCUT2D eigenvalue weighted by molar-refractivity contribution is -0.125. The lowest BCUT2D eigenvalue weighted by Crippen LogP contribution is -2.46. The van der Waals surface area contributed by atoms with Crippen molar-refractivity contribution in [1.29, 1.82) is 0 Å². The molecule has 0 saturated carbocycles. The van der Waals surface area contributed by atoms with Crippen molar-refractivity contribution in [3.8, 4) is 0 Å². The number of hydrogen-bond acceptors (Lipinski definition) is 4. The van der Waals surface area contributed by atoms with Crippen LogP contribution in [0.4, 0.5) is 0 Å². The normalized spacial score (nSPS) is 18.2. The van der Waals surface area contributed by atoms with Gasteiger partial charge in [0.15, 0.2) is 5.76 Å². The molecule has 2 unspecified atom stereocenters. The van der Waals surface area contributed by atoms with Gasteiger partial charge in [0, 0.05) is 13.1 Å². The van der Waals surface area contributed by atoms with Crippen LogP contribution in [0.1, 0.15) is 40.6 Å². The molecule has 2 atom stereocenters. The maximum absolute atomic E-state index is 12.5. The molecule has 1 aliphatic heterocycles. The van der Waals surface area contributed by atoms with Gasteiger partial charge in [0.05, 0.1) is 12.4 Å². The highest BCUT2D eigenvalue weighted by Crippen LogP contribution is 2.21. The first-order chi connectivity index (χ1) is 12.1. The number of furan rings is 1. The van der Waals surface area contributed by atoms with E-state index in [0.29, 0.717) is 13.0 Å². The summed E-state index contributed by atoms with van der Waals surface area (Å²) in [4.78, 5) is 26.5. The van der Waals surface area contributed by atoms with E-state index in [0.717, 1.165) is 17.5 Å². The molecule has 1 fully saturated rings. The number of nitrogens with one attached hydrogen (secondary N) is 1. The number of rotatable bonds is 5. The average Bonchev–Trinajstić information content (AvgIpc) is 3.30. The Morgan fingerprint density at radius 1 is 1.32 bits per heavy atom. The summed E-state index contributed by atoms with van der Waals surface area (Å²) in [5, 5.41) is 13.1. The van der Waals surface area contributed by atoms with Crippen LogP contribution in [0.5, 0.6) is 0 Å². The second kappa shape index (κ2) is 7.53. The zero-order valence-electron chi connectivity index (χ0n) is 14.1. The van der Waals surface area contributed by atoms with Crippen molar-refractivity contribution in [2.45, 2.75) is 31.9 Å². The number of aliphatic hydroxyl groups is 1. The standard InChI is InChI=1S/C19H22N2O4/c1-13-6-2-3-7-14(13)16(22)12-20-18(23)15-8-4-10-21(15)19(24)17-9-5-11-25-17/h2-3,5-7,9,11,15-16,22H,4,8,10,12H2,1H3,(H,20,23). The SMILES string of the molecule is Cc1ccccc1C(O)CNC(=O)C1CCCN1C(=O)c1ccco1. The van der Waals surface area contributed by atoms with E-state index >= 15 is 0 Å². The van der Waals surface area contributed by atoms with Crippen LogP contribution in [0.25, 0.3) is 0 Å². The van der Waals surface area contributed by atoms with E-state index in [1.54, 1.807) is 12.1 Å². The third kappa shape index (κ3) is 3.74. The predicted octanol–water partition coefficient (Wildman–Crippen LogP) is 2.04. The van der Waals surface area contributed by atoms with E-state index in [4.69, 9.17) is 4.42 Å². The first kappa shape index (κ1) is 17.2. The zero-order valence-corrected chi connectivity index (χ0v) is 14.1. The fourth-order valence-corrected chi connectivity index (χ4v) is 3.21. The largest absolute Gasteiger partial charge is 0.459 e. The Morgan fingerprint density at radius 3 is 2.84 bits per heavy atom. The molecule has 132 valence electrons. The summed E-state index contributed by atoms with van der Waals surface area (Å²) in [6.07, 6.45) is 2.04. The van der Waals surface area contributed by atoms with Crippen molar-refractivity contribution in [1.82, 2.24) is 10.2 Å². The van der Waals surface area contributed by atoms with Crippen LogP contribution in [0.2, 0.25) is 0 Å². The molecule has 0 radical (unpaired) electrons. The van der Waals surface area contributed by atoms with Gasteiger partial charge < -0.3 is 19.7 Å². The predicted molar refractivity (Wildman–Crippen MR) is 91.9 cm³/mol. The Hall–Kier alpha value is -2.60. The molecule has 6 heteroatoms. The molecule has 0 bridgehead atoms. The van der Waals surface area contributed by atoms with Crippen LogP contribution >= 0.6 is 0 Å². The number of benzene rings is 1. The number of aryl methyl sites for hydroxylation is 1. The van der Waals surface area contributed by atoms with Crippen LogP contribution in [-0.4, -0.2) is 41.0 Å². The van der Waals surface area contributed by atoms with Gasteiger partial charge in [-0.2, -0.15) is 0 Å². The monoisotopic (exact) mass is 342 g/mol. The Balaban J connectivity index is 1.60. The van der Waals surface area contributed by atoms with Gasteiger partial charge in [-0.25, -0.2) is 0 Å². The minimum Gasteiger partial charge on any atom is -0.459 e. The van der Waals surface area contributed by atoms with Crippen molar-refractivity contribution in [2.75, 3.05) is 13.1 Å². The Labute approximate surface area is 146 Å². The van der Waals surface area contributed by atoms with Crippen molar-refractivity contribution in [3.63, 3.8) is 0 Å². The van der Waals surface area contributed by atoms with Crippen LogP contribution in [0, 0.1) is 6.92 Å². The summed E-state index contributed by atoms with van der Waals surface area (Å²) in [5.41, 5.74) is 1.76. The molecule has 1 saturated heterocycles. The van der Waals surface area contributed by atoms with Crippen LogP contribution in [-0.2, 0) is 4.79 Å². The summed E-state index contributed by atoms with van der Waals surface area (Å²) in [6, 6.07) is 10.2. The first-order valence-electron chi connectivity index (χ1n) is 8.43. The topological polar surface area (TPSA) is 82.8 Å². The third-order valence-corrected chi connectivity index (χ3v) is 4.57. The molecule has 1 aromatic carbocycles. The third-order valence-electron chi connectivity index (χ3n) is 4.57. The number of carbonyl (C=O) groups is 2. The summed E-state index contributed by atoms with van der Waals surface area (Å²) in [6.45, 7) is 2.56. The highest BCUT2D eigenvalue weighted by atomic mass is 16.3. The fourth-order valence-electron chi connectivity index (χ4n) is 3.21. The molecule has 1 aliphatic rings. The molecule has 2 amide bonds. The Bertz CT molecular complexity index is 742. The van der Waals surface area contributed by atoms with Crippen molar-refractivity contribution in [2.24, 2.45) is 0 Å². The Kier molecular flexibility index (Phi) is 5.19. The zero-order chi connectivity index (χ0) is 17.8. The smallest absolute Gasteiger partial charge is 0.290 e. The fraction of sp³-hybridized carbons (Fsp3) is 0.368. The second-order valence-corrected chi connectivity index (χ2v) is 6.25. The number of hydrogen-bond donors (Lipinski definition) is 2. The second-order valence-electron chi connectivity index (χ2n) is 6.25. The molecular formula is C19H22N2O4. The minimum atomic E-state index is -0.777. The van der Waals surface area contributed by atoms with Crippen LogP contribution in [0.3, 0.4) is 0 Å². The number of likely N-dealkylation sites (tertiary alicyclic amines) is 1. The highest BCUT2D eigenvalue weighted by molar-refractivity contribution is 5.95. The van der Waals surface area contributed by atoms with E-state index < -0.39 is 12.1 Å². The number of carbonyl (C=O) groups excluding carboxylic acids is 2. The van der Waals surface area contributed by atoms with Gasteiger partial charge in [-0.1, -0.05) is 24.3 Å². The molecule has 0 aliphatic carbocycles. The van der Waals surface area contributed by atoms with Gasteiger partial charge in [0.25, 0.3) is 5.91 Å². The molecule has 3 rings (SSSR count). The average molecular weight is 342 g/mol. The number of aliphatic hydroxyl groups excluding tert-OH is 1. The Morgan fingerprint density at radius 2 is 2.12 bits per heavy atom. The van der Waals surface area contributed by atoms with Gasteiger partial charge in [0.1, 0.15) is 6.04 Å². The van der Waals surface area contributed by atoms with Gasteiger partial charge in [-0.3, -0.25) is 9.59 Å². The summed E-state index contributed by atoms with van der Waals surface area (Å²) in [5.74, 6) is -0.285. The molecular weight excluding hydrogens is 320 g/mol. The van der Waals surface area contributed by atoms with E-state index in [1.807, 2.05) is 31.2 Å². The maximum Gasteiger partial charge on any atom is 0.290 e.